The van der Waals surface area contributed by atoms with E-state index in [1.165, 1.54) is 6.07 Å². The number of hydrogen-bond donors (Lipinski definition) is 1. The monoisotopic (exact) mass is 495 g/mol. The first-order valence-corrected chi connectivity index (χ1v) is 13.2. The Balaban J connectivity index is 1.49. The molecule has 1 aliphatic heterocycles. The fourth-order valence-corrected chi connectivity index (χ4v) is 5.08. The molecule has 1 aromatic heterocycles. The van der Waals surface area contributed by atoms with Crippen LogP contribution in [0.1, 0.15) is 21.6 Å². The summed E-state index contributed by atoms with van der Waals surface area (Å²) in [7, 11) is -1.76. The lowest BCUT2D eigenvalue weighted by Crippen LogP contribution is -2.36. The summed E-state index contributed by atoms with van der Waals surface area (Å²) in [5.74, 6) is 0.427. The molecule has 9 heteroatoms. The van der Waals surface area contributed by atoms with Crippen LogP contribution in [0.5, 0.6) is 5.75 Å². The molecule has 0 bridgehead atoms. The number of rotatable bonds is 7. The highest BCUT2D eigenvalue weighted by Crippen LogP contribution is 2.33. The van der Waals surface area contributed by atoms with Gasteiger partial charge in [0.05, 0.1) is 43.1 Å². The molecule has 1 amide bonds. The fraction of sp³-hybridized carbons (Fsp3) is 0.308. The average Bonchev–Trinajstić information content (AvgIpc) is 2.87. The molecule has 0 atom stereocenters. The Morgan fingerprint density at radius 2 is 1.83 bits per heavy atom. The number of aryl methyl sites for hydroxylation is 1. The Hall–Kier alpha value is -3.43. The lowest BCUT2D eigenvalue weighted by molar-refractivity contribution is 0.0950. The van der Waals surface area contributed by atoms with E-state index in [2.05, 4.69) is 21.3 Å². The Bertz CT molecular complexity index is 1330. The fourth-order valence-electron chi connectivity index (χ4n) is 4.09. The Kier molecular flexibility index (Phi) is 7.37. The molecule has 0 unspecified atom stereocenters. The van der Waals surface area contributed by atoms with Gasteiger partial charge in [0, 0.05) is 31.1 Å². The van der Waals surface area contributed by atoms with Crippen LogP contribution in [0.15, 0.2) is 59.6 Å². The first kappa shape index (κ1) is 24.7. The zero-order chi connectivity index (χ0) is 25.0. The number of ether oxygens (including phenoxy) is 2. The summed E-state index contributed by atoms with van der Waals surface area (Å²) in [6.45, 7) is 4.95. The van der Waals surface area contributed by atoms with Crippen molar-refractivity contribution in [3.63, 3.8) is 0 Å². The summed E-state index contributed by atoms with van der Waals surface area (Å²) in [6, 6.07) is 14.6. The van der Waals surface area contributed by atoms with Gasteiger partial charge < -0.3 is 19.7 Å². The molecule has 0 saturated carbocycles. The standard InChI is InChI=1S/C26H29N3O5S/c1-18-4-5-21(16-25(18)35(3,31)32)26(30)28-17-22-14-20(8-9-27-22)19-6-7-23(24(15-19)33-2)29-10-12-34-13-11-29/h4-9,14-16H,10-13,17H2,1-3H3,(H,28,30). The number of sulfone groups is 1. The summed E-state index contributed by atoms with van der Waals surface area (Å²) in [5.41, 5.74) is 4.54. The van der Waals surface area contributed by atoms with Gasteiger partial charge in [0.1, 0.15) is 5.75 Å². The second-order valence-electron chi connectivity index (χ2n) is 8.46. The second kappa shape index (κ2) is 10.5. The summed E-state index contributed by atoms with van der Waals surface area (Å²) in [5, 5.41) is 2.83. The third-order valence-electron chi connectivity index (χ3n) is 5.96. The van der Waals surface area contributed by atoms with Crippen LogP contribution in [-0.4, -0.2) is 59.0 Å². The number of pyridine rings is 1. The van der Waals surface area contributed by atoms with Crippen LogP contribution in [0.4, 0.5) is 5.69 Å². The van der Waals surface area contributed by atoms with Crippen LogP contribution in [0.3, 0.4) is 0 Å². The second-order valence-corrected chi connectivity index (χ2v) is 10.4. The Morgan fingerprint density at radius 3 is 2.54 bits per heavy atom. The van der Waals surface area contributed by atoms with Crippen molar-refractivity contribution < 1.29 is 22.7 Å². The molecular formula is C26H29N3O5S. The maximum Gasteiger partial charge on any atom is 0.251 e. The number of aromatic nitrogens is 1. The third kappa shape index (κ3) is 5.80. The van der Waals surface area contributed by atoms with Crippen LogP contribution in [-0.2, 0) is 21.1 Å². The normalized spacial score (nSPS) is 14.0. The first-order valence-electron chi connectivity index (χ1n) is 11.3. The number of methoxy groups -OCH3 is 1. The minimum absolute atomic E-state index is 0.153. The number of morpholine rings is 1. The van der Waals surface area contributed by atoms with Crippen molar-refractivity contribution in [2.24, 2.45) is 0 Å². The van der Waals surface area contributed by atoms with Gasteiger partial charge in [0.15, 0.2) is 9.84 Å². The van der Waals surface area contributed by atoms with Crippen molar-refractivity contribution in [1.29, 1.82) is 0 Å². The van der Waals surface area contributed by atoms with Crippen LogP contribution in [0.2, 0.25) is 0 Å². The number of carbonyl (C=O) groups is 1. The number of hydrogen-bond acceptors (Lipinski definition) is 7. The highest BCUT2D eigenvalue weighted by Gasteiger charge is 2.17. The number of benzene rings is 2. The van der Waals surface area contributed by atoms with Gasteiger partial charge in [-0.3, -0.25) is 9.78 Å². The molecule has 1 fully saturated rings. The van der Waals surface area contributed by atoms with Crippen LogP contribution < -0.4 is 15.0 Å². The third-order valence-corrected chi connectivity index (χ3v) is 7.20. The maximum atomic E-state index is 12.7. The summed E-state index contributed by atoms with van der Waals surface area (Å²) in [6.07, 6.45) is 2.84. The number of anilines is 1. The van der Waals surface area contributed by atoms with Crippen molar-refractivity contribution in [1.82, 2.24) is 10.3 Å². The number of carbonyl (C=O) groups excluding carboxylic acids is 1. The highest BCUT2D eigenvalue weighted by atomic mass is 32.2. The van der Waals surface area contributed by atoms with Crippen LogP contribution in [0, 0.1) is 6.92 Å². The molecule has 0 radical (unpaired) electrons. The van der Waals surface area contributed by atoms with Crippen molar-refractivity contribution in [2.75, 3.05) is 44.6 Å². The topological polar surface area (TPSA) is 97.8 Å². The quantitative estimate of drug-likeness (QED) is 0.537. The van der Waals surface area contributed by atoms with E-state index in [0.717, 1.165) is 41.9 Å². The van der Waals surface area contributed by atoms with Gasteiger partial charge in [0.25, 0.3) is 5.91 Å². The van der Waals surface area contributed by atoms with Gasteiger partial charge in [-0.25, -0.2) is 8.42 Å². The van der Waals surface area contributed by atoms with E-state index in [1.54, 1.807) is 32.4 Å². The van der Waals surface area contributed by atoms with Gasteiger partial charge in [-0.05, 0) is 60.0 Å². The molecule has 1 N–H and O–H groups in total. The number of nitrogens with zero attached hydrogens (tertiary/aromatic N) is 2. The molecule has 8 nitrogen and oxygen atoms in total. The zero-order valence-electron chi connectivity index (χ0n) is 20.1. The van der Waals surface area contributed by atoms with E-state index in [9.17, 15) is 13.2 Å². The number of nitrogens with one attached hydrogen (secondary N) is 1. The maximum absolute atomic E-state index is 12.7. The van der Waals surface area contributed by atoms with Crippen molar-refractivity contribution in [2.45, 2.75) is 18.4 Å². The Labute approximate surface area is 205 Å². The summed E-state index contributed by atoms with van der Waals surface area (Å²) in [4.78, 5) is 19.4. The van der Waals surface area contributed by atoms with Crippen LogP contribution >= 0.6 is 0 Å². The van der Waals surface area contributed by atoms with E-state index in [4.69, 9.17) is 9.47 Å². The molecule has 0 aliphatic carbocycles. The van der Waals surface area contributed by atoms with Gasteiger partial charge in [-0.2, -0.15) is 0 Å². The predicted molar refractivity (Wildman–Crippen MR) is 135 cm³/mol. The minimum Gasteiger partial charge on any atom is -0.495 e. The minimum atomic E-state index is -3.42. The zero-order valence-corrected chi connectivity index (χ0v) is 20.9. The number of amides is 1. The van der Waals surface area contributed by atoms with E-state index < -0.39 is 9.84 Å². The van der Waals surface area contributed by atoms with Crippen LogP contribution in [0.25, 0.3) is 11.1 Å². The molecule has 4 rings (SSSR count). The average molecular weight is 496 g/mol. The van der Waals surface area contributed by atoms with E-state index in [0.29, 0.717) is 24.5 Å². The van der Waals surface area contributed by atoms with Gasteiger partial charge in [-0.1, -0.05) is 12.1 Å². The van der Waals surface area contributed by atoms with Crippen molar-refractivity contribution >= 4 is 21.4 Å². The van der Waals surface area contributed by atoms with Gasteiger partial charge in [-0.15, -0.1) is 0 Å². The van der Waals surface area contributed by atoms with Gasteiger partial charge >= 0.3 is 0 Å². The molecule has 1 saturated heterocycles. The largest absolute Gasteiger partial charge is 0.495 e. The van der Waals surface area contributed by atoms with Gasteiger partial charge in [0.2, 0.25) is 0 Å². The molecule has 2 aromatic carbocycles. The van der Waals surface area contributed by atoms with E-state index in [-0.39, 0.29) is 22.9 Å². The van der Waals surface area contributed by atoms with E-state index in [1.807, 2.05) is 24.3 Å². The molecule has 3 aromatic rings. The molecule has 0 spiro atoms. The lowest BCUT2D eigenvalue weighted by atomic mass is 10.0. The molecule has 2 heterocycles. The Morgan fingerprint density at radius 1 is 1.09 bits per heavy atom. The highest BCUT2D eigenvalue weighted by molar-refractivity contribution is 7.90. The first-order chi connectivity index (χ1) is 16.8. The van der Waals surface area contributed by atoms with Crippen molar-refractivity contribution in [3.8, 4) is 16.9 Å². The molecule has 35 heavy (non-hydrogen) atoms. The molecule has 1 aliphatic rings. The molecule has 184 valence electrons. The van der Waals surface area contributed by atoms with Crippen molar-refractivity contribution in [3.05, 3.63) is 71.5 Å². The smallest absolute Gasteiger partial charge is 0.251 e. The molecular weight excluding hydrogens is 466 g/mol. The summed E-state index contributed by atoms with van der Waals surface area (Å²) >= 11 is 0. The lowest BCUT2D eigenvalue weighted by Gasteiger charge is -2.30. The summed E-state index contributed by atoms with van der Waals surface area (Å²) < 4.78 is 35.1. The van der Waals surface area contributed by atoms with E-state index >= 15 is 0 Å². The SMILES string of the molecule is COc1cc(-c2ccnc(CNC(=O)c3ccc(C)c(S(C)(=O)=O)c3)c2)ccc1N1CCOCC1. The predicted octanol–water partition coefficient (Wildman–Crippen LogP) is 3.24.